The first-order chi connectivity index (χ1) is 6.18. The van der Waals surface area contributed by atoms with Crippen molar-refractivity contribution >= 4 is 11.8 Å². The maximum absolute atomic E-state index is 11.2. The summed E-state index contributed by atoms with van der Waals surface area (Å²) in [5, 5.41) is 2.71. The van der Waals surface area contributed by atoms with Crippen LogP contribution in [0, 0.1) is 6.92 Å². The Balaban J connectivity index is 2.51. The van der Waals surface area contributed by atoms with Crippen molar-refractivity contribution in [3.63, 3.8) is 0 Å². The molecule has 1 aromatic rings. The predicted octanol–water partition coefficient (Wildman–Crippen LogP) is 0.444. The van der Waals surface area contributed by atoms with Crippen molar-refractivity contribution in [1.29, 1.82) is 0 Å². The Bertz CT molecular complexity index is 363. The summed E-state index contributed by atoms with van der Waals surface area (Å²) in [6.07, 6.45) is 1.74. The van der Waals surface area contributed by atoms with E-state index in [4.69, 9.17) is 0 Å². The number of carbonyl (C=O) groups is 1. The Kier molecular flexibility index (Phi) is 1.65. The number of anilines is 1. The van der Waals surface area contributed by atoms with Crippen molar-refractivity contribution in [3.8, 4) is 0 Å². The zero-order valence-electron chi connectivity index (χ0n) is 7.53. The number of nitrogens with one attached hydrogen (secondary N) is 1. The third-order valence-electron chi connectivity index (χ3n) is 2.01. The van der Waals surface area contributed by atoms with E-state index in [-0.39, 0.29) is 6.03 Å². The van der Waals surface area contributed by atoms with Gasteiger partial charge in [-0.3, -0.25) is 4.90 Å². The van der Waals surface area contributed by atoms with Gasteiger partial charge in [-0.2, -0.15) is 0 Å². The van der Waals surface area contributed by atoms with E-state index in [0.29, 0.717) is 18.2 Å². The fourth-order valence-corrected chi connectivity index (χ4v) is 1.28. The van der Waals surface area contributed by atoms with Gasteiger partial charge >= 0.3 is 6.03 Å². The molecule has 5 heteroatoms. The quantitative estimate of drug-likeness (QED) is 0.627. The molecule has 0 aromatic carbocycles. The number of hydrogen-bond donors (Lipinski definition) is 1. The van der Waals surface area contributed by atoms with E-state index in [9.17, 15) is 4.79 Å². The number of aryl methyl sites for hydroxylation is 1. The first-order valence-electron chi connectivity index (χ1n) is 4.02. The van der Waals surface area contributed by atoms with E-state index in [1.54, 1.807) is 20.2 Å². The lowest BCUT2D eigenvalue weighted by Crippen LogP contribution is -2.42. The molecule has 1 aliphatic rings. The second kappa shape index (κ2) is 2.69. The summed E-state index contributed by atoms with van der Waals surface area (Å²) in [7, 11) is 1.69. The Morgan fingerprint density at radius 1 is 1.62 bits per heavy atom. The summed E-state index contributed by atoms with van der Waals surface area (Å²) in [5.74, 6) is 1.39. The second-order valence-electron chi connectivity index (χ2n) is 2.98. The largest absolute Gasteiger partial charge is 0.333 e. The number of carbonyl (C=O) groups excluding carboxylic acids is 1. The van der Waals surface area contributed by atoms with Crippen LogP contribution < -0.4 is 10.2 Å². The smallest absolute Gasteiger partial charge is 0.323 e. The Morgan fingerprint density at radius 2 is 2.38 bits per heavy atom. The van der Waals surface area contributed by atoms with Crippen LogP contribution in [0.4, 0.5) is 10.6 Å². The summed E-state index contributed by atoms with van der Waals surface area (Å²) in [5.41, 5.74) is 0.952. The molecule has 0 spiro atoms. The highest BCUT2D eigenvalue weighted by molar-refractivity contribution is 5.92. The van der Waals surface area contributed by atoms with Crippen molar-refractivity contribution in [2.45, 2.75) is 13.5 Å². The minimum absolute atomic E-state index is 0.120. The summed E-state index contributed by atoms with van der Waals surface area (Å²) in [4.78, 5) is 21.0. The molecule has 0 aliphatic carbocycles. The van der Waals surface area contributed by atoms with Crippen molar-refractivity contribution in [2.75, 3.05) is 11.9 Å². The number of nitrogens with zero attached hydrogens (tertiary/aromatic N) is 3. The van der Waals surface area contributed by atoms with Crippen LogP contribution in [0.25, 0.3) is 0 Å². The maximum atomic E-state index is 11.2. The van der Waals surface area contributed by atoms with Crippen molar-refractivity contribution in [3.05, 3.63) is 17.6 Å². The molecule has 0 radical (unpaired) electrons. The maximum Gasteiger partial charge on any atom is 0.323 e. The summed E-state index contributed by atoms with van der Waals surface area (Å²) < 4.78 is 0. The molecule has 68 valence electrons. The first-order valence-corrected chi connectivity index (χ1v) is 4.02. The second-order valence-corrected chi connectivity index (χ2v) is 2.98. The molecule has 0 atom stereocenters. The molecule has 0 saturated heterocycles. The van der Waals surface area contributed by atoms with Crippen molar-refractivity contribution in [1.82, 2.24) is 15.3 Å². The van der Waals surface area contributed by atoms with Crippen molar-refractivity contribution in [2.24, 2.45) is 0 Å². The molecule has 0 bridgehead atoms. The van der Waals surface area contributed by atoms with Gasteiger partial charge in [0.05, 0.1) is 0 Å². The molecule has 2 heterocycles. The number of amides is 2. The third kappa shape index (κ3) is 1.22. The van der Waals surface area contributed by atoms with Crippen LogP contribution in [0.2, 0.25) is 0 Å². The van der Waals surface area contributed by atoms with E-state index >= 15 is 0 Å². The van der Waals surface area contributed by atoms with Gasteiger partial charge in [0.25, 0.3) is 0 Å². The number of hydrogen-bond acceptors (Lipinski definition) is 3. The molecule has 5 nitrogen and oxygen atoms in total. The average Bonchev–Trinajstić information content (AvgIpc) is 2.12. The zero-order chi connectivity index (χ0) is 9.42. The Hall–Kier alpha value is -1.65. The van der Waals surface area contributed by atoms with Crippen LogP contribution in [-0.4, -0.2) is 23.0 Å². The number of fused-ring (bicyclic) bond motifs is 1. The fourth-order valence-electron chi connectivity index (χ4n) is 1.28. The van der Waals surface area contributed by atoms with E-state index < -0.39 is 0 Å². The summed E-state index contributed by atoms with van der Waals surface area (Å²) in [6.45, 7) is 2.32. The summed E-state index contributed by atoms with van der Waals surface area (Å²) in [6, 6.07) is -0.120. The number of urea groups is 1. The van der Waals surface area contributed by atoms with Gasteiger partial charge in [-0.25, -0.2) is 14.8 Å². The van der Waals surface area contributed by atoms with Gasteiger partial charge in [0.1, 0.15) is 11.6 Å². The van der Waals surface area contributed by atoms with Gasteiger partial charge in [0.15, 0.2) is 0 Å². The Labute approximate surface area is 75.8 Å². The molecular formula is C8H10N4O. The van der Waals surface area contributed by atoms with Gasteiger partial charge in [-0.05, 0) is 6.92 Å². The highest BCUT2D eigenvalue weighted by atomic mass is 16.2. The third-order valence-corrected chi connectivity index (χ3v) is 2.01. The van der Waals surface area contributed by atoms with E-state index in [1.165, 1.54) is 4.90 Å². The fraction of sp³-hybridized carbons (Fsp3) is 0.375. The number of aromatic nitrogens is 2. The molecule has 0 saturated carbocycles. The molecule has 0 fully saturated rings. The first kappa shape index (κ1) is 7.97. The van der Waals surface area contributed by atoms with Crippen LogP contribution in [0.1, 0.15) is 11.4 Å². The molecule has 1 aromatic heterocycles. The zero-order valence-corrected chi connectivity index (χ0v) is 7.53. The summed E-state index contributed by atoms with van der Waals surface area (Å²) >= 11 is 0. The number of rotatable bonds is 0. The van der Waals surface area contributed by atoms with Gasteiger partial charge in [-0.15, -0.1) is 0 Å². The molecular weight excluding hydrogens is 168 g/mol. The lowest BCUT2D eigenvalue weighted by molar-refractivity contribution is 0.245. The van der Waals surface area contributed by atoms with Gasteiger partial charge in [-0.1, -0.05) is 0 Å². The highest BCUT2D eigenvalue weighted by Gasteiger charge is 2.21. The molecule has 2 amide bonds. The normalized spacial score (nSPS) is 15.2. The van der Waals surface area contributed by atoms with Crippen LogP contribution in [-0.2, 0) is 6.54 Å². The minimum Gasteiger partial charge on any atom is -0.333 e. The monoisotopic (exact) mass is 178 g/mol. The average molecular weight is 178 g/mol. The van der Waals surface area contributed by atoms with Crippen LogP contribution in [0.5, 0.6) is 0 Å². The van der Waals surface area contributed by atoms with E-state index in [0.717, 1.165) is 5.56 Å². The highest BCUT2D eigenvalue weighted by Crippen LogP contribution is 2.19. The predicted molar refractivity (Wildman–Crippen MR) is 47.4 cm³/mol. The molecule has 1 N–H and O–H groups in total. The van der Waals surface area contributed by atoms with Gasteiger partial charge in [0.2, 0.25) is 0 Å². The van der Waals surface area contributed by atoms with Gasteiger partial charge < -0.3 is 5.32 Å². The molecule has 13 heavy (non-hydrogen) atoms. The molecule has 1 aliphatic heterocycles. The topological polar surface area (TPSA) is 58.1 Å². The lowest BCUT2D eigenvalue weighted by atomic mass is 10.2. The minimum atomic E-state index is -0.120. The Morgan fingerprint density at radius 3 is 3.15 bits per heavy atom. The van der Waals surface area contributed by atoms with Crippen LogP contribution in [0.3, 0.4) is 0 Å². The van der Waals surface area contributed by atoms with Crippen LogP contribution in [0.15, 0.2) is 6.20 Å². The van der Waals surface area contributed by atoms with Crippen LogP contribution >= 0.6 is 0 Å². The van der Waals surface area contributed by atoms with E-state index in [1.807, 2.05) is 0 Å². The standard InChI is InChI=1S/C8H10N4O/c1-5-9-3-6-4-10-8(13)12(2)7(6)11-5/h3H,4H2,1-2H3,(H,10,13). The SMILES string of the molecule is Cc1ncc2c(n1)N(C)C(=O)NC2. The lowest BCUT2D eigenvalue weighted by Gasteiger charge is -2.24. The molecule has 2 rings (SSSR count). The van der Waals surface area contributed by atoms with Crippen molar-refractivity contribution < 1.29 is 4.79 Å². The van der Waals surface area contributed by atoms with E-state index in [2.05, 4.69) is 15.3 Å². The van der Waals surface area contributed by atoms with Gasteiger partial charge in [0, 0.05) is 25.4 Å². The molecule has 0 unspecified atom stereocenters.